The predicted molar refractivity (Wildman–Crippen MR) is 69.5 cm³/mol. The number of likely N-dealkylation sites (tertiary alicyclic amines) is 1. The van der Waals surface area contributed by atoms with Gasteiger partial charge in [-0.3, -0.25) is 4.79 Å². The average molecular weight is 236 g/mol. The number of amides is 1. The van der Waals surface area contributed by atoms with Crippen LogP contribution in [0.2, 0.25) is 0 Å². The maximum atomic E-state index is 12.3. The lowest BCUT2D eigenvalue weighted by atomic mass is 9.97. The molecule has 0 aromatic rings. The third kappa shape index (κ3) is 3.32. The summed E-state index contributed by atoms with van der Waals surface area (Å²) in [6, 6.07) is 0.409. The lowest BCUT2D eigenvalue weighted by molar-refractivity contribution is -0.135. The number of rotatable bonds is 4. The number of carbonyl (C=O) groups is 1. The maximum Gasteiger partial charge on any atom is 0.223 e. The summed E-state index contributed by atoms with van der Waals surface area (Å²) in [6.45, 7) is 1.64. The Kier molecular flexibility index (Phi) is 4.60. The Morgan fingerprint density at radius 1 is 1.35 bits per heavy atom. The Morgan fingerprint density at radius 3 is 2.94 bits per heavy atom. The molecule has 2 atom stereocenters. The molecule has 2 aliphatic rings. The summed E-state index contributed by atoms with van der Waals surface area (Å²) in [5.41, 5.74) is 5.64. The number of piperidine rings is 1. The molecule has 2 N–H and O–H groups in total. The van der Waals surface area contributed by atoms with Crippen LogP contribution < -0.4 is 5.73 Å². The largest absolute Gasteiger partial charge is 0.340 e. The van der Waals surface area contributed by atoms with Crippen LogP contribution in [-0.2, 0) is 4.79 Å². The summed E-state index contributed by atoms with van der Waals surface area (Å²) in [6.07, 6.45) is 11.9. The summed E-state index contributed by atoms with van der Waals surface area (Å²) >= 11 is 0. The van der Waals surface area contributed by atoms with Crippen molar-refractivity contribution >= 4 is 5.91 Å². The van der Waals surface area contributed by atoms with Crippen LogP contribution in [0.1, 0.15) is 44.9 Å². The minimum atomic E-state index is 0.347. The van der Waals surface area contributed by atoms with E-state index in [4.69, 9.17) is 5.73 Å². The maximum absolute atomic E-state index is 12.3. The zero-order valence-electron chi connectivity index (χ0n) is 10.6. The first-order valence-electron chi connectivity index (χ1n) is 6.97. The van der Waals surface area contributed by atoms with E-state index in [9.17, 15) is 4.79 Å². The highest BCUT2D eigenvalue weighted by molar-refractivity contribution is 5.77. The van der Waals surface area contributed by atoms with E-state index in [0.717, 1.165) is 38.6 Å². The molecule has 0 aromatic carbocycles. The Morgan fingerprint density at radius 2 is 2.24 bits per heavy atom. The fraction of sp³-hybridized carbons (Fsp3) is 0.786. The quantitative estimate of drug-likeness (QED) is 0.760. The monoisotopic (exact) mass is 236 g/mol. The van der Waals surface area contributed by atoms with Gasteiger partial charge in [-0.2, -0.15) is 0 Å². The molecule has 1 heterocycles. The molecule has 1 saturated heterocycles. The zero-order chi connectivity index (χ0) is 12.1. The van der Waals surface area contributed by atoms with E-state index in [1.165, 1.54) is 6.42 Å². The zero-order valence-corrected chi connectivity index (χ0v) is 10.6. The van der Waals surface area contributed by atoms with Crippen LogP contribution in [0.4, 0.5) is 0 Å². The van der Waals surface area contributed by atoms with E-state index < -0.39 is 0 Å². The van der Waals surface area contributed by atoms with Gasteiger partial charge in [0.05, 0.1) is 0 Å². The molecular weight excluding hydrogens is 212 g/mol. The number of allylic oxidation sites excluding steroid dienone is 2. The van der Waals surface area contributed by atoms with Crippen LogP contribution in [0, 0.1) is 5.92 Å². The minimum absolute atomic E-state index is 0.347. The van der Waals surface area contributed by atoms with Crippen molar-refractivity contribution in [3.63, 3.8) is 0 Å². The van der Waals surface area contributed by atoms with Crippen molar-refractivity contribution in [2.24, 2.45) is 11.7 Å². The normalized spacial score (nSPS) is 28.6. The molecule has 1 amide bonds. The van der Waals surface area contributed by atoms with Gasteiger partial charge < -0.3 is 10.6 Å². The van der Waals surface area contributed by atoms with Crippen molar-refractivity contribution in [2.45, 2.75) is 51.0 Å². The van der Waals surface area contributed by atoms with Gasteiger partial charge in [0.25, 0.3) is 0 Å². The van der Waals surface area contributed by atoms with Crippen molar-refractivity contribution < 1.29 is 4.79 Å². The number of nitrogens with two attached hydrogens (primary N) is 1. The molecule has 0 saturated carbocycles. The summed E-state index contributed by atoms with van der Waals surface area (Å²) in [7, 11) is 0. The van der Waals surface area contributed by atoms with Crippen LogP contribution in [-0.4, -0.2) is 29.9 Å². The first-order valence-corrected chi connectivity index (χ1v) is 6.97. The third-order valence-corrected chi connectivity index (χ3v) is 4.00. The standard InChI is InChI=1S/C14H24N2O/c15-9-8-13-7-3-4-10-16(13)14(17)11-12-5-1-2-6-12/h1,5,12-13H,2-4,6-11,15H2. The fourth-order valence-electron chi connectivity index (χ4n) is 3.03. The second-order valence-electron chi connectivity index (χ2n) is 5.28. The first kappa shape index (κ1) is 12.6. The molecule has 17 heavy (non-hydrogen) atoms. The van der Waals surface area contributed by atoms with Crippen LogP contribution in [0.3, 0.4) is 0 Å². The van der Waals surface area contributed by atoms with Crippen LogP contribution in [0.5, 0.6) is 0 Å². The smallest absolute Gasteiger partial charge is 0.223 e. The van der Waals surface area contributed by atoms with Crippen molar-refractivity contribution in [1.29, 1.82) is 0 Å². The molecule has 2 rings (SSSR count). The average Bonchev–Trinajstić information content (AvgIpc) is 2.83. The SMILES string of the molecule is NCCC1CCCCN1C(=O)CC1C=CCC1. The minimum Gasteiger partial charge on any atom is -0.340 e. The van der Waals surface area contributed by atoms with Crippen molar-refractivity contribution in [3.8, 4) is 0 Å². The molecule has 1 aliphatic carbocycles. The predicted octanol–water partition coefficient (Wildman–Crippen LogP) is 2.07. The molecule has 3 nitrogen and oxygen atoms in total. The summed E-state index contributed by atoms with van der Waals surface area (Å²) in [5.74, 6) is 0.836. The number of nitrogens with zero attached hydrogens (tertiary/aromatic N) is 1. The lowest BCUT2D eigenvalue weighted by Gasteiger charge is -2.36. The van der Waals surface area contributed by atoms with Gasteiger partial charge in [0.15, 0.2) is 0 Å². The lowest BCUT2D eigenvalue weighted by Crippen LogP contribution is -2.45. The highest BCUT2D eigenvalue weighted by atomic mass is 16.2. The number of carbonyl (C=O) groups excluding carboxylic acids is 1. The van der Waals surface area contributed by atoms with Gasteiger partial charge in [0, 0.05) is 19.0 Å². The molecule has 2 unspecified atom stereocenters. The van der Waals surface area contributed by atoms with Crippen molar-refractivity contribution in [2.75, 3.05) is 13.1 Å². The van der Waals surface area contributed by atoms with Crippen LogP contribution in [0.15, 0.2) is 12.2 Å². The molecule has 1 aliphatic heterocycles. The third-order valence-electron chi connectivity index (χ3n) is 4.00. The van der Waals surface area contributed by atoms with Gasteiger partial charge in [0.2, 0.25) is 5.91 Å². The Hall–Kier alpha value is -0.830. The van der Waals surface area contributed by atoms with Gasteiger partial charge in [-0.25, -0.2) is 0 Å². The van der Waals surface area contributed by atoms with E-state index >= 15 is 0 Å². The summed E-state index contributed by atoms with van der Waals surface area (Å²) in [4.78, 5) is 14.4. The highest BCUT2D eigenvalue weighted by Crippen LogP contribution is 2.25. The molecule has 3 heteroatoms. The molecule has 0 radical (unpaired) electrons. The fourth-order valence-corrected chi connectivity index (χ4v) is 3.03. The number of hydrogen-bond acceptors (Lipinski definition) is 2. The molecule has 96 valence electrons. The van der Waals surface area contributed by atoms with E-state index in [0.29, 0.717) is 30.8 Å². The van der Waals surface area contributed by atoms with Gasteiger partial charge >= 0.3 is 0 Å². The summed E-state index contributed by atoms with van der Waals surface area (Å²) in [5, 5.41) is 0. The first-order chi connectivity index (χ1) is 8.31. The van der Waals surface area contributed by atoms with Gasteiger partial charge in [-0.1, -0.05) is 12.2 Å². The molecular formula is C14H24N2O. The molecule has 0 bridgehead atoms. The topological polar surface area (TPSA) is 46.3 Å². The molecule has 0 aromatic heterocycles. The van der Waals surface area contributed by atoms with E-state index in [1.807, 2.05) is 0 Å². The van der Waals surface area contributed by atoms with Crippen molar-refractivity contribution in [1.82, 2.24) is 4.90 Å². The van der Waals surface area contributed by atoms with E-state index in [1.54, 1.807) is 0 Å². The van der Waals surface area contributed by atoms with E-state index in [-0.39, 0.29) is 0 Å². The van der Waals surface area contributed by atoms with Crippen molar-refractivity contribution in [3.05, 3.63) is 12.2 Å². The van der Waals surface area contributed by atoms with E-state index in [2.05, 4.69) is 17.1 Å². The Bertz CT molecular complexity index is 286. The van der Waals surface area contributed by atoms with Gasteiger partial charge in [-0.05, 0) is 51.0 Å². The Labute approximate surface area is 104 Å². The highest BCUT2D eigenvalue weighted by Gasteiger charge is 2.27. The van der Waals surface area contributed by atoms with Crippen LogP contribution in [0.25, 0.3) is 0 Å². The van der Waals surface area contributed by atoms with Crippen LogP contribution >= 0.6 is 0 Å². The number of hydrogen-bond donors (Lipinski definition) is 1. The second-order valence-corrected chi connectivity index (χ2v) is 5.28. The second kappa shape index (κ2) is 6.20. The molecule has 0 spiro atoms. The Balaban J connectivity index is 1.88. The van der Waals surface area contributed by atoms with Gasteiger partial charge in [-0.15, -0.1) is 0 Å². The summed E-state index contributed by atoms with van der Waals surface area (Å²) < 4.78 is 0. The molecule has 1 fully saturated rings. The van der Waals surface area contributed by atoms with Gasteiger partial charge in [0.1, 0.15) is 0 Å².